The fraction of sp³-hybridized carbons (Fsp3) is 0.303. The number of hydrogen-bond acceptors (Lipinski definition) is 4. The topological polar surface area (TPSA) is 81.2 Å². The number of pyridine rings is 1. The minimum atomic E-state index is -4.91. The van der Waals surface area contributed by atoms with Crippen molar-refractivity contribution in [1.29, 1.82) is 0 Å². The van der Waals surface area contributed by atoms with Crippen molar-refractivity contribution >= 4 is 43.1 Å². The first kappa shape index (κ1) is 27.1. The van der Waals surface area contributed by atoms with Gasteiger partial charge in [-0.1, -0.05) is 56.7 Å². The van der Waals surface area contributed by atoms with Gasteiger partial charge in [-0.25, -0.2) is 0 Å². The van der Waals surface area contributed by atoms with Crippen LogP contribution in [-0.2, 0) is 10.2 Å². The number of fused-ring (bicyclic) bond motifs is 4. The molecule has 0 radical (unpaired) electrons. The smallest absolute Gasteiger partial charge is 0.332 e. The van der Waals surface area contributed by atoms with E-state index in [1.807, 2.05) is 24.3 Å². The van der Waals surface area contributed by atoms with Crippen molar-refractivity contribution in [3.05, 3.63) is 70.4 Å². The van der Waals surface area contributed by atoms with Crippen molar-refractivity contribution in [3.8, 4) is 29.2 Å². The summed E-state index contributed by atoms with van der Waals surface area (Å²) in [5.41, 5.74) is 3.97. The Balaban J connectivity index is 1.71. The molecular weight excluding hydrogens is 539 g/mol. The number of benzene rings is 3. The van der Waals surface area contributed by atoms with Gasteiger partial charge in [0.1, 0.15) is 11.4 Å². The molecule has 1 aliphatic rings. The third-order valence-electron chi connectivity index (χ3n) is 8.14. The van der Waals surface area contributed by atoms with Gasteiger partial charge in [-0.15, -0.1) is 10.3 Å². The molecule has 6 rings (SSSR count). The number of nitrogens with zero attached hydrogens (tertiary/aromatic N) is 1. The Morgan fingerprint density at radius 3 is 2.61 bits per heavy atom. The van der Waals surface area contributed by atoms with Crippen molar-refractivity contribution in [1.82, 2.24) is 9.55 Å². The number of ether oxygens (including phenoxy) is 1. The van der Waals surface area contributed by atoms with E-state index in [2.05, 4.69) is 22.4 Å². The van der Waals surface area contributed by atoms with Gasteiger partial charge in [-0.2, -0.15) is 8.42 Å². The fourth-order valence-electron chi connectivity index (χ4n) is 6.09. The number of rotatable bonds is 7. The molecule has 2 aromatic heterocycles. The van der Waals surface area contributed by atoms with Gasteiger partial charge in [-0.3, -0.25) is 4.79 Å². The highest BCUT2D eigenvalue weighted by molar-refractivity contribution is 7.86. The quantitative estimate of drug-likeness (QED) is 0.124. The Morgan fingerprint density at radius 2 is 1.88 bits per heavy atom. The van der Waals surface area contributed by atoms with Crippen LogP contribution in [0.2, 0.25) is 0 Å². The van der Waals surface area contributed by atoms with Crippen LogP contribution in [0.15, 0.2) is 64.3 Å². The lowest BCUT2D eigenvalue weighted by molar-refractivity contribution is 0.311. The fourth-order valence-corrected chi connectivity index (χ4v) is 6.60. The van der Waals surface area contributed by atoms with Crippen molar-refractivity contribution in [2.45, 2.75) is 62.8 Å². The third kappa shape index (κ3) is 4.89. The summed E-state index contributed by atoms with van der Waals surface area (Å²) in [5.74, 6) is 3.13. The highest BCUT2D eigenvalue weighted by Gasteiger charge is 2.25. The number of halogens is 1. The SMILES string of the molecule is C#Cc1ccc2c(c1)[nH]c1c2c(=O)c2cc(OCCCC)c(-c3cccc(S(=O)(=O)F)c3)cc2n1C1CCCCC1. The van der Waals surface area contributed by atoms with Gasteiger partial charge >= 0.3 is 10.2 Å². The Kier molecular flexibility index (Phi) is 7.08. The first-order chi connectivity index (χ1) is 19.8. The molecule has 6 nitrogen and oxygen atoms in total. The highest BCUT2D eigenvalue weighted by Crippen LogP contribution is 2.40. The maximum Gasteiger partial charge on any atom is 0.332 e. The summed E-state index contributed by atoms with van der Waals surface area (Å²) in [5, 5.41) is 1.95. The largest absolute Gasteiger partial charge is 0.493 e. The molecule has 1 aliphatic carbocycles. The zero-order valence-electron chi connectivity index (χ0n) is 22.9. The van der Waals surface area contributed by atoms with Gasteiger partial charge in [0, 0.05) is 28.1 Å². The second kappa shape index (κ2) is 10.7. The van der Waals surface area contributed by atoms with Crippen LogP contribution < -0.4 is 10.2 Å². The molecule has 210 valence electrons. The van der Waals surface area contributed by atoms with E-state index in [1.54, 1.807) is 12.1 Å². The molecule has 0 spiro atoms. The number of unbranched alkanes of at least 4 members (excludes halogenated alkanes) is 1. The molecule has 1 fully saturated rings. The van der Waals surface area contributed by atoms with Crippen LogP contribution in [-0.4, -0.2) is 24.6 Å². The second-order valence-electron chi connectivity index (χ2n) is 10.8. The summed E-state index contributed by atoms with van der Waals surface area (Å²) in [6.07, 6.45) is 12.7. The Hall–Kier alpha value is -4.09. The van der Waals surface area contributed by atoms with Crippen LogP contribution in [0.3, 0.4) is 0 Å². The zero-order valence-corrected chi connectivity index (χ0v) is 23.7. The molecule has 0 amide bonds. The van der Waals surface area contributed by atoms with E-state index in [-0.39, 0.29) is 11.5 Å². The summed E-state index contributed by atoms with van der Waals surface area (Å²) in [6, 6.07) is 15.2. The van der Waals surface area contributed by atoms with Gasteiger partial charge in [-0.05, 0) is 61.2 Å². The lowest BCUT2D eigenvalue weighted by Crippen LogP contribution is -2.18. The zero-order chi connectivity index (χ0) is 28.7. The average molecular weight is 571 g/mol. The Bertz CT molecular complexity index is 2010. The maximum atomic E-state index is 14.2. The molecule has 1 N–H and O–H groups in total. The normalized spacial score (nSPS) is 14.6. The standard InChI is InChI=1S/C33H31FN2O4S/c1-3-5-16-40-30-20-27-29(19-26(30)22-10-9-13-24(18-22)41(34,38)39)36(23-11-7-6-8-12-23)33-31(32(27)37)25-15-14-21(4-2)17-28(25)35-33/h2,9-10,13-15,17-20,23,35H,3,5-8,11-12,16H2,1H3. The molecule has 8 heteroatoms. The minimum absolute atomic E-state index is 0.117. The summed E-state index contributed by atoms with van der Waals surface area (Å²) in [7, 11) is -4.91. The monoisotopic (exact) mass is 570 g/mol. The van der Waals surface area contributed by atoms with E-state index in [4.69, 9.17) is 11.2 Å². The van der Waals surface area contributed by atoms with E-state index in [0.717, 1.165) is 66.2 Å². The highest BCUT2D eigenvalue weighted by atomic mass is 32.3. The molecule has 3 aromatic carbocycles. The van der Waals surface area contributed by atoms with Gasteiger partial charge in [0.2, 0.25) is 0 Å². The number of aromatic amines is 1. The molecule has 0 bridgehead atoms. The van der Waals surface area contributed by atoms with Crippen LogP contribution in [0.25, 0.3) is 44.0 Å². The summed E-state index contributed by atoms with van der Waals surface area (Å²) in [4.78, 5) is 17.3. The van der Waals surface area contributed by atoms with Crippen molar-refractivity contribution < 1.29 is 17.0 Å². The first-order valence-electron chi connectivity index (χ1n) is 14.1. The Labute approximate surface area is 238 Å². The van der Waals surface area contributed by atoms with E-state index in [1.165, 1.54) is 24.6 Å². The number of hydrogen-bond donors (Lipinski definition) is 1. The van der Waals surface area contributed by atoms with Crippen LogP contribution in [0.1, 0.15) is 63.5 Å². The van der Waals surface area contributed by atoms with E-state index >= 15 is 0 Å². The first-order valence-corrected chi connectivity index (χ1v) is 15.5. The van der Waals surface area contributed by atoms with Crippen molar-refractivity contribution in [3.63, 3.8) is 0 Å². The summed E-state index contributed by atoms with van der Waals surface area (Å²) in [6.45, 7) is 2.49. The van der Waals surface area contributed by atoms with E-state index in [0.29, 0.717) is 34.3 Å². The average Bonchev–Trinajstić information content (AvgIpc) is 3.36. The van der Waals surface area contributed by atoms with Gasteiger partial charge in [0.15, 0.2) is 5.43 Å². The van der Waals surface area contributed by atoms with E-state index in [9.17, 15) is 17.1 Å². The van der Waals surface area contributed by atoms with Gasteiger partial charge in [0.05, 0.1) is 27.8 Å². The van der Waals surface area contributed by atoms with E-state index < -0.39 is 15.1 Å². The molecule has 0 unspecified atom stereocenters. The van der Waals surface area contributed by atoms with Gasteiger partial charge in [0.25, 0.3) is 0 Å². The molecule has 5 aromatic rings. The molecule has 1 saturated carbocycles. The van der Waals surface area contributed by atoms with Gasteiger partial charge < -0.3 is 14.3 Å². The third-order valence-corrected chi connectivity index (χ3v) is 8.95. The van der Waals surface area contributed by atoms with Crippen LogP contribution in [0.4, 0.5) is 3.89 Å². The molecule has 0 aliphatic heterocycles. The summed E-state index contributed by atoms with van der Waals surface area (Å²) >= 11 is 0. The molecule has 0 atom stereocenters. The number of terminal acetylenes is 1. The van der Waals surface area contributed by atoms with Crippen molar-refractivity contribution in [2.24, 2.45) is 0 Å². The molecule has 2 heterocycles. The number of H-pyrrole nitrogens is 1. The maximum absolute atomic E-state index is 14.2. The Morgan fingerprint density at radius 1 is 1.07 bits per heavy atom. The summed E-state index contributed by atoms with van der Waals surface area (Å²) < 4.78 is 45.9. The predicted molar refractivity (Wildman–Crippen MR) is 162 cm³/mol. The number of aromatic nitrogens is 2. The molecule has 41 heavy (non-hydrogen) atoms. The van der Waals surface area contributed by atoms with Crippen molar-refractivity contribution in [2.75, 3.05) is 6.61 Å². The second-order valence-corrected chi connectivity index (χ2v) is 12.1. The molecule has 0 saturated heterocycles. The lowest BCUT2D eigenvalue weighted by Gasteiger charge is -2.27. The predicted octanol–water partition coefficient (Wildman–Crippen LogP) is 7.63. The number of nitrogens with one attached hydrogen (secondary N) is 1. The van der Waals surface area contributed by atoms with Crippen LogP contribution in [0, 0.1) is 12.3 Å². The van der Waals surface area contributed by atoms with Crippen LogP contribution in [0.5, 0.6) is 5.75 Å². The lowest BCUT2D eigenvalue weighted by atomic mass is 9.93. The van der Waals surface area contributed by atoms with Crippen LogP contribution >= 0.6 is 0 Å². The molecular formula is C33H31FN2O4S. The minimum Gasteiger partial charge on any atom is -0.493 e.